The van der Waals surface area contributed by atoms with Crippen molar-refractivity contribution in [3.05, 3.63) is 53.2 Å². The van der Waals surface area contributed by atoms with Crippen molar-refractivity contribution in [2.45, 2.75) is 24.5 Å². The van der Waals surface area contributed by atoms with E-state index in [0.29, 0.717) is 12.3 Å². The van der Waals surface area contributed by atoms with Crippen LogP contribution in [0, 0.1) is 5.82 Å². The molecule has 0 radical (unpaired) electrons. The van der Waals surface area contributed by atoms with Gasteiger partial charge in [-0.05, 0) is 12.1 Å². The van der Waals surface area contributed by atoms with Gasteiger partial charge in [-0.3, -0.25) is 0 Å². The van der Waals surface area contributed by atoms with Crippen LogP contribution >= 0.6 is 0 Å². The summed E-state index contributed by atoms with van der Waals surface area (Å²) >= 11 is 0. The Morgan fingerprint density at radius 2 is 2.04 bits per heavy atom. The molecule has 4 rings (SSSR count). The molecule has 3 heterocycles. The van der Waals surface area contributed by atoms with Crippen LogP contribution in [0.25, 0.3) is 0 Å². The van der Waals surface area contributed by atoms with E-state index in [4.69, 9.17) is 4.74 Å². The summed E-state index contributed by atoms with van der Waals surface area (Å²) in [7, 11) is 0. The maximum absolute atomic E-state index is 14.9. The maximum Gasteiger partial charge on any atom is 0.417 e. The minimum Gasteiger partial charge on any atom is -0.487 e. The van der Waals surface area contributed by atoms with E-state index < -0.39 is 60.6 Å². The van der Waals surface area contributed by atoms with Gasteiger partial charge < -0.3 is 14.4 Å². The zero-order chi connectivity index (χ0) is 20.3. The second kappa shape index (κ2) is 6.14. The van der Waals surface area contributed by atoms with Crippen molar-refractivity contribution >= 4 is 5.84 Å². The normalized spacial score (nSPS) is 26.4. The Kier molecular flexibility index (Phi) is 4.09. The van der Waals surface area contributed by atoms with Crippen molar-refractivity contribution in [3.8, 4) is 5.75 Å². The second-order valence-corrected chi connectivity index (χ2v) is 6.35. The molecule has 1 unspecified atom stereocenters. The van der Waals surface area contributed by atoms with E-state index in [0.717, 1.165) is 11.0 Å². The van der Waals surface area contributed by atoms with E-state index in [1.807, 2.05) is 0 Å². The van der Waals surface area contributed by atoms with Crippen molar-refractivity contribution in [2.75, 3.05) is 13.2 Å². The molecule has 0 N–H and O–H groups in total. The Bertz CT molecular complexity index is 909. The molecule has 4 nitrogen and oxygen atoms in total. The number of rotatable bonds is 2. The molecule has 0 amide bonds. The molecule has 1 aromatic carbocycles. The fourth-order valence-electron chi connectivity index (χ4n) is 3.45. The molecule has 28 heavy (non-hydrogen) atoms. The molecule has 150 valence electrons. The van der Waals surface area contributed by atoms with Gasteiger partial charge in [0.05, 0.1) is 12.1 Å². The quantitative estimate of drug-likeness (QED) is 0.693. The van der Waals surface area contributed by atoms with Gasteiger partial charge in [-0.25, -0.2) is 13.8 Å². The highest BCUT2D eigenvalue weighted by Crippen LogP contribution is 2.48. The monoisotopic (exact) mass is 408 g/mol. The number of alkyl halides is 6. The van der Waals surface area contributed by atoms with Gasteiger partial charge in [-0.2, -0.15) is 22.0 Å². The summed E-state index contributed by atoms with van der Waals surface area (Å²) in [5, 5.41) is 0. The topological polar surface area (TPSA) is 34.1 Å². The lowest BCUT2D eigenvalue weighted by atomic mass is 9.84. The number of ether oxygens (including phenoxy) is 2. The van der Waals surface area contributed by atoms with E-state index in [-0.39, 0.29) is 11.3 Å². The first-order chi connectivity index (χ1) is 13.1. The lowest BCUT2D eigenvalue weighted by molar-refractivity contribution is -0.0981. The van der Waals surface area contributed by atoms with E-state index in [2.05, 4.69) is 9.73 Å². The van der Waals surface area contributed by atoms with Gasteiger partial charge in [0, 0.05) is 11.8 Å². The van der Waals surface area contributed by atoms with Crippen molar-refractivity contribution in [1.29, 1.82) is 0 Å². The van der Waals surface area contributed by atoms with Crippen molar-refractivity contribution in [1.82, 2.24) is 4.90 Å². The van der Waals surface area contributed by atoms with Crippen LogP contribution in [-0.2, 0) is 10.3 Å². The van der Waals surface area contributed by atoms with Crippen LogP contribution in [0.4, 0.5) is 30.7 Å². The Balaban J connectivity index is 1.86. The number of fused-ring (bicyclic) bond motifs is 3. The minimum atomic E-state index is -4.85. The lowest BCUT2D eigenvalue weighted by Gasteiger charge is -2.36. The van der Waals surface area contributed by atoms with Crippen molar-refractivity contribution in [3.63, 3.8) is 0 Å². The Morgan fingerprint density at radius 3 is 2.71 bits per heavy atom. The molecule has 0 aliphatic carbocycles. The Labute approximate surface area is 153 Å². The number of para-hydroxylation sites is 1. The van der Waals surface area contributed by atoms with Crippen LogP contribution < -0.4 is 4.74 Å². The highest BCUT2D eigenvalue weighted by atomic mass is 19.4. The van der Waals surface area contributed by atoms with E-state index in [1.165, 1.54) is 12.1 Å². The number of aliphatic imine (C=N–C) groups is 1. The molecule has 2 atom stereocenters. The van der Waals surface area contributed by atoms with Crippen LogP contribution in [0.3, 0.4) is 0 Å². The first-order valence-corrected chi connectivity index (χ1v) is 8.00. The summed E-state index contributed by atoms with van der Waals surface area (Å²) in [4.78, 5) is 4.98. The predicted molar refractivity (Wildman–Crippen MR) is 81.9 cm³/mol. The smallest absolute Gasteiger partial charge is 0.417 e. The van der Waals surface area contributed by atoms with Crippen LogP contribution in [0.15, 0.2) is 46.8 Å². The number of benzene rings is 1. The molecule has 3 aliphatic rings. The van der Waals surface area contributed by atoms with Crippen LogP contribution in [-0.4, -0.2) is 42.8 Å². The first-order valence-electron chi connectivity index (χ1n) is 8.00. The van der Waals surface area contributed by atoms with Gasteiger partial charge in [0.15, 0.2) is 29.3 Å². The third kappa shape index (κ3) is 2.80. The molecule has 3 aliphatic heterocycles. The zero-order valence-corrected chi connectivity index (χ0v) is 13.8. The molecule has 1 spiro atoms. The first kappa shape index (κ1) is 18.6. The number of hydrogen-bond acceptors (Lipinski definition) is 4. The van der Waals surface area contributed by atoms with Gasteiger partial charge in [0.1, 0.15) is 12.1 Å². The second-order valence-electron chi connectivity index (χ2n) is 6.35. The fraction of sp³-hybridized carbons (Fsp3) is 0.353. The highest BCUT2D eigenvalue weighted by molar-refractivity contribution is 6.00. The van der Waals surface area contributed by atoms with Gasteiger partial charge in [0.2, 0.25) is 0 Å². The molecular formula is C17H11F7N2O2. The summed E-state index contributed by atoms with van der Waals surface area (Å²) in [5.74, 6) is -2.31. The zero-order valence-electron chi connectivity index (χ0n) is 13.8. The molecule has 0 saturated carbocycles. The summed E-state index contributed by atoms with van der Waals surface area (Å²) in [6.45, 7) is -4.48. The predicted octanol–water partition coefficient (Wildman–Crippen LogP) is 4.05. The Morgan fingerprint density at radius 1 is 1.29 bits per heavy atom. The number of allylic oxidation sites excluding steroid dienone is 2. The highest BCUT2D eigenvalue weighted by Gasteiger charge is 2.54. The molecule has 0 aromatic heterocycles. The van der Waals surface area contributed by atoms with Gasteiger partial charge in [0.25, 0.3) is 0 Å². The maximum atomic E-state index is 14.9. The number of amidine groups is 1. The molecular weight excluding hydrogens is 397 g/mol. The van der Waals surface area contributed by atoms with Crippen molar-refractivity contribution < 1.29 is 40.2 Å². The van der Waals surface area contributed by atoms with E-state index >= 15 is 0 Å². The summed E-state index contributed by atoms with van der Waals surface area (Å²) in [5.41, 5.74) is -3.11. The number of halogens is 7. The van der Waals surface area contributed by atoms with Gasteiger partial charge >= 0.3 is 12.8 Å². The summed E-state index contributed by atoms with van der Waals surface area (Å²) < 4.78 is 103. The number of nitrogens with zero attached hydrogens (tertiary/aromatic N) is 2. The third-order valence-corrected chi connectivity index (χ3v) is 4.66. The molecule has 0 fully saturated rings. The van der Waals surface area contributed by atoms with E-state index in [9.17, 15) is 30.7 Å². The third-order valence-electron chi connectivity index (χ3n) is 4.66. The van der Waals surface area contributed by atoms with E-state index in [1.54, 1.807) is 0 Å². The SMILES string of the molecule is Fc1cccc2c1OCC(F)[C@@]21CN2C=C(C(F)(F)F)C=C(OC(F)F)C2=N1. The molecule has 0 saturated heterocycles. The molecule has 0 bridgehead atoms. The summed E-state index contributed by atoms with van der Waals surface area (Å²) in [6.07, 6.45) is -5.70. The van der Waals surface area contributed by atoms with Gasteiger partial charge in [-0.15, -0.1) is 0 Å². The average Bonchev–Trinajstić information content (AvgIpc) is 2.98. The Hall–Kier alpha value is -2.72. The molecule has 1 aromatic rings. The van der Waals surface area contributed by atoms with Gasteiger partial charge in [-0.1, -0.05) is 12.1 Å². The summed E-state index contributed by atoms with van der Waals surface area (Å²) in [6, 6.07) is 3.68. The van der Waals surface area contributed by atoms with Crippen LogP contribution in [0.2, 0.25) is 0 Å². The van der Waals surface area contributed by atoms with Crippen LogP contribution in [0.5, 0.6) is 5.75 Å². The number of hydrogen-bond donors (Lipinski definition) is 0. The lowest BCUT2D eigenvalue weighted by Crippen LogP contribution is -2.46. The largest absolute Gasteiger partial charge is 0.487 e. The minimum absolute atomic E-state index is 0.0218. The molecule has 11 heteroatoms. The standard InChI is InChI=1S/C17H11F7N2O2/c18-10-3-1-2-9-13(10)27-6-12(19)16(9)7-26-5-8(17(22,23)24)4-11(14(26)25-16)28-15(20)21/h1-5,12,15H,6-7H2/t12?,16-/m1/s1. The average molecular weight is 408 g/mol. The fourth-order valence-corrected chi connectivity index (χ4v) is 3.45. The van der Waals surface area contributed by atoms with Crippen molar-refractivity contribution in [2.24, 2.45) is 4.99 Å². The van der Waals surface area contributed by atoms with Crippen LogP contribution in [0.1, 0.15) is 5.56 Å².